The normalized spacial score (nSPS) is 16.1. The molecule has 2 aromatic rings. The number of para-hydroxylation sites is 2. The average Bonchev–Trinajstić information content (AvgIpc) is 2.55. The third kappa shape index (κ3) is 3.52. The predicted molar refractivity (Wildman–Crippen MR) is 84.7 cm³/mol. The topological polar surface area (TPSA) is 39.6 Å². The van der Waals surface area contributed by atoms with E-state index in [1.807, 2.05) is 36.5 Å². The number of rotatable bonds is 4. The molecule has 4 nitrogen and oxygen atoms in total. The summed E-state index contributed by atoms with van der Waals surface area (Å²) in [6.45, 7) is 5.02. The van der Waals surface area contributed by atoms with E-state index in [1.54, 1.807) is 6.07 Å². The van der Waals surface area contributed by atoms with Gasteiger partial charge >= 0.3 is 0 Å². The van der Waals surface area contributed by atoms with Gasteiger partial charge in [-0.1, -0.05) is 18.2 Å². The number of benzene rings is 1. The van der Waals surface area contributed by atoms with Crippen LogP contribution in [0.5, 0.6) is 5.75 Å². The van der Waals surface area contributed by atoms with Gasteiger partial charge in [0.1, 0.15) is 5.75 Å². The fourth-order valence-corrected chi connectivity index (χ4v) is 2.76. The van der Waals surface area contributed by atoms with Crippen LogP contribution in [0.1, 0.15) is 5.69 Å². The summed E-state index contributed by atoms with van der Waals surface area (Å²) in [6, 6.07) is 13.7. The number of nitrogens with zero attached hydrogens (tertiary/aromatic N) is 3. The molecule has 0 amide bonds. The summed E-state index contributed by atoms with van der Waals surface area (Å²) >= 11 is 0. The molecule has 4 heteroatoms. The zero-order chi connectivity index (χ0) is 14.5. The second-order valence-electron chi connectivity index (χ2n) is 5.39. The molecule has 0 aliphatic carbocycles. The van der Waals surface area contributed by atoms with Crippen molar-refractivity contribution in [3.63, 3.8) is 0 Å². The molecule has 2 heterocycles. The molecule has 1 aliphatic rings. The van der Waals surface area contributed by atoms with Gasteiger partial charge in [0.05, 0.1) is 5.69 Å². The number of anilines is 1. The molecule has 1 saturated heterocycles. The lowest BCUT2D eigenvalue weighted by atomic mass is 10.2. The molecule has 1 fully saturated rings. The summed E-state index contributed by atoms with van der Waals surface area (Å²) in [5.74, 6) is 0.374. The van der Waals surface area contributed by atoms with Gasteiger partial charge in [-0.25, -0.2) is 0 Å². The van der Waals surface area contributed by atoms with Gasteiger partial charge in [0.2, 0.25) is 0 Å². The van der Waals surface area contributed by atoms with Crippen molar-refractivity contribution in [1.82, 2.24) is 9.88 Å². The number of phenolic OH excluding ortho intramolecular Hbond substituents is 1. The van der Waals surface area contributed by atoms with Crippen LogP contribution >= 0.6 is 0 Å². The van der Waals surface area contributed by atoms with Crippen molar-refractivity contribution in [3.8, 4) is 5.75 Å². The maximum absolute atomic E-state index is 9.92. The molecule has 0 atom stereocenters. The number of aromatic nitrogens is 1. The molecule has 1 aromatic heterocycles. The third-order valence-electron chi connectivity index (χ3n) is 4.01. The van der Waals surface area contributed by atoms with E-state index in [4.69, 9.17) is 0 Å². The van der Waals surface area contributed by atoms with E-state index in [9.17, 15) is 5.11 Å². The number of phenols is 1. The minimum absolute atomic E-state index is 0.374. The van der Waals surface area contributed by atoms with Crippen molar-refractivity contribution in [2.45, 2.75) is 6.42 Å². The van der Waals surface area contributed by atoms with Gasteiger partial charge in [0, 0.05) is 51.0 Å². The first-order valence-corrected chi connectivity index (χ1v) is 7.48. The van der Waals surface area contributed by atoms with E-state index in [2.05, 4.69) is 20.9 Å². The molecule has 1 aromatic carbocycles. The van der Waals surface area contributed by atoms with Gasteiger partial charge in [0.25, 0.3) is 0 Å². The molecule has 110 valence electrons. The Kier molecular flexibility index (Phi) is 4.36. The van der Waals surface area contributed by atoms with Crippen LogP contribution in [-0.4, -0.2) is 47.7 Å². The highest BCUT2D eigenvalue weighted by atomic mass is 16.3. The highest BCUT2D eigenvalue weighted by molar-refractivity contribution is 5.57. The molecule has 0 unspecified atom stereocenters. The number of hydrogen-bond donors (Lipinski definition) is 1. The summed E-state index contributed by atoms with van der Waals surface area (Å²) in [5, 5.41) is 9.92. The number of piperazine rings is 1. The number of hydrogen-bond acceptors (Lipinski definition) is 4. The zero-order valence-corrected chi connectivity index (χ0v) is 12.2. The van der Waals surface area contributed by atoms with Crippen LogP contribution in [0, 0.1) is 0 Å². The molecule has 1 N–H and O–H groups in total. The van der Waals surface area contributed by atoms with E-state index in [0.29, 0.717) is 5.75 Å². The van der Waals surface area contributed by atoms with Crippen LogP contribution in [0.25, 0.3) is 0 Å². The number of aromatic hydroxyl groups is 1. The van der Waals surface area contributed by atoms with E-state index in [0.717, 1.165) is 50.5 Å². The molecular weight excluding hydrogens is 262 g/mol. The van der Waals surface area contributed by atoms with Crippen molar-refractivity contribution < 1.29 is 5.11 Å². The maximum atomic E-state index is 9.92. The van der Waals surface area contributed by atoms with E-state index >= 15 is 0 Å². The van der Waals surface area contributed by atoms with Gasteiger partial charge < -0.3 is 10.0 Å². The smallest absolute Gasteiger partial charge is 0.138 e. The highest BCUT2D eigenvalue weighted by Crippen LogP contribution is 2.27. The fourth-order valence-electron chi connectivity index (χ4n) is 2.76. The monoisotopic (exact) mass is 283 g/mol. The van der Waals surface area contributed by atoms with Crippen LogP contribution in [0.3, 0.4) is 0 Å². The van der Waals surface area contributed by atoms with Gasteiger partial charge in [-0.15, -0.1) is 0 Å². The van der Waals surface area contributed by atoms with Crippen LogP contribution in [0.15, 0.2) is 48.7 Å². The Hall–Kier alpha value is -2.07. The molecule has 0 saturated carbocycles. The van der Waals surface area contributed by atoms with Gasteiger partial charge in [-0.2, -0.15) is 0 Å². The summed E-state index contributed by atoms with van der Waals surface area (Å²) in [7, 11) is 0. The second-order valence-corrected chi connectivity index (χ2v) is 5.39. The van der Waals surface area contributed by atoms with Crippen LogP contribution < -0.4 is 4.90 Å². The molecule has 0 spiro atoms. The van der Waals surface area contributed by atoms with E-state index < -0.39 is 0 Å². The van der Waals surface area contributed by atoms with Gasteiger partial charge in [-0.05, 0) is 24.3 Å². The minimum Gasteiger partial charge on any atom is -0.506 e. The first kappa shape index (κ1) is 13.9. The predicted octanol–water partition coefficient (Wildman–Crippen LogP) is 2.15. The zero-order valence-electron chi connectivity index (χ0n) is 12.2. The van der Waals surface area contributed by atoms with Crippen molar-refractivity contribution in [3.05, 3.63) is 54.4 Å². The van der Waals surface area contributed by atoms with Crippen molar-refractivity contribution in [2.24, 2.45) is 0 Å². The summed E-state index contributed by atoms with van der Waals surface area (Å²) in [6.07, 6.45) is 2.85. The molecule has 21 heavy (non-hydrogen) atoms. The van der Waals surface area contributed by atoms with Gasteiger partial charge in [0.15, 0.2) is 0 Å². The van der Waals surface area contributed by atoms with Crippen molar-refractivity contribution in [2.75, 3.05) is 37.6 Å². The molecular formula is C17H21N3O. The number of pyridine rings is 1. The standard InChI is InChI=1S/C17H21N3O/c21-17-7-2-1-6-16(17)20-13-11-19(12-14-20)10-8-15-5-3-4-9-18-15/h1-7,9,21H,8,10-14H2. The lowest BCUT2D eigenvalue weighted by molar-refractivity contribution is 0.259. The Morgan fingerprint density at radius 3 is 2.43 bits per heavy atom. The Bertz CT molecular complexity index is 565. The van der Waals surface area contributed by atoms with E-state index in [1.165, 1.54) is 0 Å². The Balaban J connectivity index is 1.50. The third-order valence-corrected chi connectivity index (χ3v) is 4.01. The summed E-state index contributed by atoms with van der Waals surface area (Å²) in [5.41, 5.74) is 2.10. The first-order valence-electron chi connectivity index (χ1n) is 7.48. The minimum atomic E-state index is 0.374. The van der Waals surface area contributed by atoms with Crippen LogP contribution in [0.4, 0.5) is 5.69 Å². The Labute approximate surface area is 125 Å². The lowest BCUT2D eigenvalue weighted by Gasteiger charge is -2.36. The Morgan fingerprint density at radius 2 is 1.71 bits per heavy atom. The second kappa shape index (κ2) is 6.59. The first-order chi connectivity index (χ1) is 10.3. The largest absolute Gasteiger partial charge is 0.506 e. The fraction of sp³-hybridized carbons (Fsp3) is 0.353. The maximum Gasteiger partial charge on any atom is 0.138 e. The molecule has 3 rings (SSSR count). The molecule has 0 bridgehead atoms. The van der Waals surface area contributed by atoms with Gasteiger partial charge in [-0.3, -0.25) is 9.88 Å². The highest BCUT2D eigenvalue weighted by Gasteiger charge is 2.18. The SMILES string of the molecule is Oc1ccccc1N1CCN(CCc2ccccn2)CC1. The lowest BCUT2D eigenvalue weighted by Crippen LogP contribution is -2.47. The molecule has 1 aliphatic heterocycles. The summed E-state index contributed by atoms with van der Waals surface area (Å²) in [4.78, 5) is 9.09. The van der Waals surface area contributed by atoms with Crippen LogP contribution in [0.2, 0.25) is 0 Å². The van der Waals surface area contributed by atoms with Crippen molar-refractivity contribution in [1.29, 1.82) is 0 Å². The molecule has 0 radical (unpaired) electrons. The van der Waals surface area contributed by atoms with Crippen LogP contribution in [-0.2, 0) is 6.42 Å². The quantitative estimate of drug-likeness (QED) is 0.933. The Morgan fingerprint density at radius 1 is 0.952 bits per heavy atom. The van der Waals surface area contributed by atoms with E-state index in [-0.39, 0.29) is 0 Å². The average molecular weight is 283 g/mol. The summed E-state index contributed by atoms with van der Waals surface area (Å²) < 4.78 is 0. The van der Waals surface area contributed by atoms with Crippen molar-refractivity contribution >= 4 is 5.69 Å².